The van der Waals surface area contributed by atoms with Gasteiger partial charge in [-0.15, -0.1) is 0 Å². The van der Waals surface area contributed by atoms with Gasteiger partial charge in [0.2, 0.25) is 0 Å². The van der Waals surface area contributed by atoms with E-state index in [0.29, 0.717) is 0 Å². The van der Waals surface area contributed by atoms with E-state index in [9.17, 15) is 0 Å². The number of nitrogens with zero attached hydrogens (tertiary/aromatic N) is 1. The van der Waals surface area contributed by atoms with Crippen molar-refractivity contribution in [1.29, 1.82) is 0 Å². The molecule has 0 aliphatic carbocycles. The van der Waals surface area contributed by atoms with E-state index in [1.54, 1.807) is 0 Å². The van der Waals surface area contributed by atoms with Crippen LogP contribution >= 0.6 is 0 Å². The molecule has 1 aromatic heterocycles. The molecule has 1 aromatic carbocycles. The van der Waals surface area contributed by atoms with E-state index in [0.717, 1.165) is 23.3 Å². The molecule has 0 amide bonds. The van der Waals surface area contributed by atoms with Crippen molar-refractivity contribution in [3.05, 3.63) is 29.1 Å². The van der Waals surface area contributed by atoms with Crippen molar-refractivity contribution < 1.29 is 0 Å². The number of benzene rings is 1. The van der Waals surface area contributed by atoms with Crippen LogP contribution in [0.1, 0.15) is 30.8 Å². The van der Waals surface area contributed by atoms with Crippen molar-refractivity contribution in [2.75, 3.05) is 0 Å². The van der Waals surface area contributed by atoms with Crippen LogP contribution in [-0.2, 0) is 6.42 Å². The standard InChI is InChI=1S/C13H19N3/c1-8-5-10-11(6-9(8)2)16-12(15-10)7-13(3,4)14/h5-6H,7,14H2,1-4H3,(H,15,16). The second kappa shape index (κ2) is 3.59. The summed E-state index contributed by atoms with van der Waals surface area (Å²) in [4.78, 5) is 7.89. The third kappa shape index (κ3) is 2.25. The van der Waals surface area contributed by atoms with Gasteiger partial charge >= 0.3 is 0 Å². The topological polar surface area (TPSA) is 54.7 Å². The van der Waals surface area contributed by atoms with Crippen LogP contribution in [0.4, 0.5) is 0 Å². The molecular formula is C13H19N3. The number of nitrogens with one attached hydrogen (secondary N) is 1. The van der Waals surface area contributed by atoms with E-state index in [1.807, 2.05) is 13.8 Å². The van der Waals surface area contributed by atoms with Crippen LogP contribution in [0.5, 0.6) is 0 Å². The molecule has 0 bridgehead atoms. The highest BCUT2D eigenvalue weighted by molar-refractivity contribution is 5.77. The minimum atomic E-state index is -0.224. The quantitative estimate of drug-likeness (QED) is 0.812. The van der Waals surface area contributed by atoms with Crippen molar-refractivity contribution in [2.45, 2.75) is 39.7 Å². The van der Waals surface area contributed by atoms with Gasteiger partial charge in [-0.25, -0.2) is 4.98 Å². The third-order valence-electron chi connectivity index (χ3n) is 2.77. The van der Waals surface area contributed by atoms with Crippen LogP contribution in [0, 0.1) is 13.8 Å². The number of rotatable bonds is 2. The molecule has 0 atom stereocenters. The molecule has 2 rings (SSSR count). The minimum Gasteiger partial charge on any atom is -0.342 e. The molecule has 16 heavy (non-hydrogen) atoms. The first kappa shape index (κ1) is 11.1. The van der Waals surface area contributed by atoms with Gasteiger partial charge in [0.1, 0.15) is 5.82 Å². The Morgan fingerprint density at radius 2 is 1.88 bits per heavy atom. The zero-order chi connectivity index (χ0) is 11.9. The highest BCUT2D eigenvalue weighted by Crippen LogP contribution is 2.18. The molecule has 3 nitrogen and oxygen atoms in total. The number of aromatic nitrogens is 2. The van der Waals surface area contributed by atoms with E-state index < -0.39 is 0 Å². The lowest BCUT2D eigenvalue weighted by Gasteiger charge is -2.15. The van der Waals surface area contributed by atoms with Gasteiger partial charge in [0.05, 0.1) is 11.0 Å². The van der Waals surface area contributed by atoms with Gasteiger partial charge in [-0.1, -0.05) is 0 Å². The second-order valence-electron chi connectivity index (χ2n) is 5.30. The van der Waals surface area contributed by atoms with Gasteiger partial charge in [0.25, 0.3) is 0 Å². The van der Waals surface area contributed by atoms with Crippen molar-refractivity contribution in [1.82, 2.24) is 9.97 Å². The molecule has 0 unspecified atom stereocenters. The fourth-order valence-corrected chi connectivity index (χ4v) is 1.84. The molecule has 0 spiro atoms. The van der Waals surface area contributed by atoms with Gasteiger partial charge in [0, 0.05) is 12.0 Å². The summed E-state index contributed by atoms with van der Waals surface area (Å²) in [5.41, 5.74) is 10.5. The summed E-state index contributed by atoms with van der Waals surface area (Å²) in [6.07, 6.45) is 0.764. The molecule has 3 N–H and O–H groups in total. The van der Waals surface area contributed by atoms with Crippen molar-refractivity contribution >= 4 is 11.0 Å². The van der Waals surface area contributed by atoms with Gasteiger partial charge in [-0.2, -0.15) is 0 Å². The maximum absolute atomic E-state index is 5.99. The van der Waals surface area contributed by atoms with E-state index in [2.05, 4.69) is 35.9 Å². The Labute approximate surface area is 96.1 Å². The summed E-state index contributed by atoms with van der Waals surface area (Å²) in [6.45, 7) is 8.24. The van der Waals surface area contributed by atoms with Crippen LogP contribution in [-0.4, -0.2) is 15.5 Å². The Bertz CT molecular complexity index is 479. The molecule has 2 aromatic rings. The first-order chi connectivity index (χ1) is 7.35. The normalized spacial score (nSPS) is 12.3. The van der Waals surface area contributed by atoms with Crippen molar-refractivity contribution in [3.63, 3.8) is 0 Å². The Balaban J connectivity index is 2.44. The van der Waals surface area contributed by atoms with Crippen LogP contribution in [0.15, 0.2) is 12.1 Å². The Hall–Kier alpha value is -1.35. The number of H-pyrrole nitrogens is 1. The van der Waals surface area contributed by atoms with E-state index >= 15 is 0 Å². The summed E-state index contributed by atoms with van der Waals surface area (Å²) in [5.74, 6) is 0.965. The first-order valence-electron chi connectivity index (χ1n) is 5.60. The summed E-state index contributed by atoms with van der Waals surface area (Å²) in [7, 11) is 0. The smallest absolute Gasteiger partial charge is 0.109 e. The maximum Gasteiger partial charge on any atom is 0.109 e. The lowest BCUT2D eigenvalue weighted by Crippen LogP contribution is -2.34. The average Bonchev–Trinajstić information content (AvgIpc) is 2.44. The zero-order valence-electron chi connectivity index (χ0n) is 10.4. The van der Waals surface area contributed by atoms with Gasteiger partial charge in [-0.05, 0) is 51.0 Å². The molecule has 86 valence electrons. The van der Waals surface area contributed by atoms with Crippen LogP contribution in [0.2, 0.25) is 0 Å². The van der Waals surface area contributed by atoms with Crippen LogP contribution in [0.25, 0.3) is 11.0 Å². The number of nitrogens with two attached hydrogens (primary N) is 1. The Morgan fingerprint density at radius 1 is 1.25 bits per heavy atom. The molecule has 3 heteroatoms. The van der Waals surface area contributed by atoms with Gasteiger partial charge in [0.15, 0.2) is 0 Å². The predicted molar refractivity (Wildman–Crippen MR) is 67.5 cm³/mol. The summed E-state index contributed by atoms with van der Waals surface area (Å²) in [6, 6.07) is 4.26. The van der Waals surface area contributed by atoms with Crippen LogP contribution < -0.4 is 5.73 Å². The number of aryl methyl sites for hydroxylation is 2. The summed E-state index contributed by atoms with van der Waals surface area (Å²) in [5, 5.41) is 0. The van der Waals surface area contributed by atoms with E-state index in [-0.39, 0.29) is 5.54 Å². The number of fused-ring (bicyclic) bond motifs is 1. The molecule has 0 fully saturated rings. The first-order valence-corrected chi connectivity index (χ1v) is 5.60. The largest absolute Gasteiger partial charge is 0.342 e. The number of hydrogen-bond acceptors (Lipinski definition) is 2. The van der Waals surface area contributed by atoms with E-state index in [1.165, 1.54) is 11.1 Å². The monoisotopic (exact) mass is 217 g/mol. The highest BCUT2D eigenvalue weighted by Gasteiger charge is 2.14. The van der Waals surface area contributed by atoms with Crippen molar-refractivity contribution in [3.8, 4) is 0 Å². The average molecular weight is 217 g/mol. The second-order valence-corrected chi connectivity index (χ2v) is 5.30. The maximum atomic E-state index is 5.99. The van der Waals surface area contributed by atoms with E-state index in [4.69, 9.17) is 5.73 Å². The molecule has 1 heterocycles. The molecule has 0 aliphatic heterocycles. The van der Waals surface area contributed by atoms with Crippen LogP contribution in [0.3, 0.4) is 0 Å². The number of aromatic amines is 1. The summed E-state index contributed by atoms with van der Waals surface area (Å²) < 4.78 is 0. The summed E-state index contributed by atoms with van der Waals surface area (Å²) >= 11 is 0. The zero-order valence-corrected chi connectivity index (χ0v) is 10.4. The van der Waals surface area contributed by atoms with Gasteiger partial charge < -0.3 is 10.7 Å². The molecule has 0 aliphatic rings. The molecule has 0 saturated carbocycles. The lowest BCUT2D eigenvalue weighted by atomic mass is 10.0. The lowest BCUT2D eigenvalue weighted by molar-refractivity contribution is 0.505. The molecular weight excluding hydrogens is 198 g/mol. The Kier molecular flexibility index (Phi) is 2.50. The predicted octanol–water partition coefficient (Wildman–Crippen LogP) is 2.46. The fraction of sp³-hybridized carbons (Fsp3) is 0.462. The number of hydrogen-bond donors (Lipinski definition) is 2. The SMILES string of the molecule is Cc1cc2nc(CC(C)(C)N)[nH]c2cc1C. The molecule has 0 saturated heterocycles. The van der Waals surface area contributed by atoms with Crippen molar-refractivity contribution in [2.24, 2.45) is 5.73 Å². The fourth-order valence-electron chi connectivity index (χ4n) is 1.84. The molecule has 0 radical (unpaired) electrons. The Morgan fingerprint density at radius 3 is 2.50 bits per heavy atom. The third-order valence-corrected chi connectivity index (χ3v) is 2.77. The minimum absolute atomic E-state index is 0.224. The van der Waals surface area contributed by atoms with Gasteiger partial charge in [-0.3, -0.25) is 0 Å². The number of imidazole rings is 1. The highest BCUT2D eigenvalue weighted by atomic mass is 14.9.